The minimum atomic E-state index is -0.392. The first kappa shape index (κ1) is 13.9. The van der Waals surface area contributed by atoms with Crippen molar-refractivity contribution in [2.45, 2.75) is 39.3 Å². The van der Waals surface area contributed by atoms with E-state index in [0.29, 0.717) is 0 Å². The summed E-state index contributed by atoms with van der Waals surface area (Å²) in [6, 6.07) is 8.28. The minimum Gasteiger partial charge on any atom is -0.322 e. The van der Waals surface area contributed by atoms with Gasteiger partial charge in [-0.25, -0.2) is 4.79 Å². The quantitative estimate of drug-likeness (QED) is 0.909. The van der Waals surface area contributed by atoms with Gasteiger partial charge in [0.1, 0.15) is 0 Å². The van der Waals surface area contributed by atoms with Crippen molar-refractivity contribution < 1.29 is 4.79 Å². The molecule has 1 aliphatic heterocycles. The predicted molar refractivity (Wildman–Crippen MR) is 78.2 cm³/mol. The van der Waals surface area contributed by atoms with Gasteiger partial charge in [-0.2, -0.15) is 0 Å². The summed E-state index contributed by atoms with van der Waals surface area (Å²) in [7, 11) is 0. The number of carbonyl (C=O) groups excluding carboxylic acids is 1. The van der Waals surface area contributed by atoms with E-state index in [-0.39, 0.29) is 12.1 Å². The Bertz CT molecular complexity index is 477. The summed E-state index contributed by atoms with van der Waals surface area (Å²) >= 11 is 0. The molecule has 0 bridgehead atoms. The molecule has 0 unspecified atom stereocenters. The molecule has 4 nitrogen and oxygen atoms in total. The van der Waals surface area contributed by atoms with Crippen molar-refractivity contribution >= 4 is 11.7 Å². The number of carbonyl (C=O) groups is 1. The molecule has 4 heteroatoms. The second-order valence-electron chi connectivity index (χ2n) is 5.99. The van der Waals surface area contributed by atoms with E-state index in [0.717, 1.165) is 24.3 Å². The van der Waals surface area contributed by atoms with Crippen LogP contribution in [0.15, 0.2) is 24.3 Å². The third-order valence-electron chi connectivity index (χ3n) is 3.57. The Balaban J connectivity index is 2.27. The third-order valence-corrected chi connectivity index (χ3v) is 3.57. The fourth-order valence-electron chi connectivity index (χ4n) is 2.35. The van der Waals surface area contributed by atoms with E-state index >= 15 is 0 Å². The second-order valence-corrected chi connectivity index (χ2v) is 5.99. The van der Waals surface area contributed by atoms with Crippen LogP contribution < -0.4 is 10.6 Å². The summed E-state index contributed by atoms with van der Waals surface area (Å²) in [6.07, 6.45) is 0. The molecule has 0 aromatic heterocycles. The lowest BCUT2D eigenvalue weighted by Gasteiger charge is -2.24. The fourth-order valence-corrected chi connectivity index (χ4v) is 2.35. The normalized spacial score (nSPS) is 16.6. The van der Waals surface area contributed by atoms with Crippen LogP contribution in [0.2, 0.25) is 0 Å². The first-order valence-electron chi connectivity index (χ1n) is 6.78. The first-order valence-corrected chi connectivity index (χ1v) is 6.78. The van der Waals surface area contributed by atoms with Crippen molar-refractivity contribution in [3.05, 3.63) is 29.8 Å². The van der Waals surface area contributed by atoms with Crippen molar-refractivity contribution in [3.63, 3.8) is 0 Å². The molecular formula is C15H23N3O. The van der Waals surface area contributed by atoms with E-state index in [9.17, 15) is 4.79 Å². The van der Waals surface area contributed by atoms with Gasteiger partial charge in [0, 0.05) is 30.4 Å². The zero-order valence-electron chi connectivity index (χ0n) is 12.2. The summed E-state index contributed by atoms with van der Waals surface area (Å²) in [5.74, 6) is 0. The van der Waals surface area contributed by atoms with Gasteiger partial charge >= 0.3 is 6.03 Å². The molecule has 19 heavy (non-hydrogen) atoms. The van der Waals surface area contributed by atoms with Crippen molar-refractivity contribution in [1.29, 1.82) is 0 Å². The van der Waals surface area contributed by atoms with Gasteiger partial charge in [0.2, 0.25) is 0 Å². The molecule has 1 aromatic carbocycles. The predicted octanol–water partition coefficient (Wildman–Crippen LogP) is 2.53. The molecule has 1 saturated heterocycles. The van der Waals surface area contributed by atoms with Gasteiger partial charge in [0.25, 0.3) is 0 Å². The second kappa shape index (κ2) is 4.85. The lowest BCUT2D eigenvalue weighted by Crippen LogP contribution is -2.36. The Morgan fingerprint density at radius 2 is 1.95 bits per heavy atom. The maximum Gasteiger partial charge on any atom is 0.324 e. The Hall–Kier alpha value is -1.55. The number of hydrogen-bond acceptors (Lipinski definition) is 2. The van der Waals surface area contributed by atoms with Crippen LogP contribution >= 0.6 is 0 Å². The molecule has 2 rings (SSSR count). The zero-order chi connectivity index (χ0) is 14.2. The summed E-state index contributed by atoms with van der Waals surface area (Å²) in [5, 5.41) is 0. The number of benzene rings is 1. The molecule has 0 saturated carbocycles. The molecule has 104 valence electrons. The van der Waals surface area contributed by atoms with Gasteiger partial charge in [0.05, 0.1) is 0 Å². The Morgan fingerprint density at radius 3 is 2.47 bits per heavy atom. The molecule has 1 aromatic rings. The summed E-state index contributed by atoms with van der Waals surface area (Å²) < 4.78 is 0. The monoisotopic (exact) mass is 261 g/mol. The van der Waals surface area contributed by atoms with E-state index < -0.39 is 5.54 Å². The van der Waals surface area contributed by atoms with Gasteiger partial charge in [-0.3, -0.25) is 4.90 Å². The maximum absolute atomic E-state index is 12.3. The van der Waals surface area contributed by atoms with Crippen LogP contribution in [0.3, 0.4) is 0 Å². The molecule has 1 fully saturated rings. The molecule has 0 radical (unpaired) electrons. The van der Waals surface area contributed by atoms with E-state index in [1.54, 1.807) is 0 Å². The Labute approximate surface area is 115 Å². The smallest absolute Gasteiger partial charge is 0.322 e. The third kappa shape index (κ3) is 2.73. The molecule has 1 aliphatic rings. The minimum absolute atomic E-state index is 0.0852. The van der Waals surface area contributed by atoms with Gasteiger partial charge in [-0.15, -0.1) is 0 Å². The SMILES string of the molecule is CC(C)N1CCN(c2cccc(C(C)(C)N)c2)C1=O. The lowest BCUT2D eigenvalue weighted by atomic mass is 9.95. The van der Waals surface area contributed by atoms with Crippen LogP contribution in [-0.4, -0.2) is 30.1 Å². The highest BCUT2D eigenvalue weighted by Crippen LogP contribution is 2.26. The van der Waals surface area contributed by atoms with Crippen LogP contribution in [-0.2, 0) is 5.54 Å². The van der Waals surface area contributed by atoms with Crippen molar-refractivity contribution in [3.8, 4) is 0 Å². The fraction of sp³-hybridized carbons (Fsp3) is 0.533. The number of nitrogens with two attached hydrogens (primary N) is 1. The molecule has 2 N–H and O–H groups in total. The number of urea groups is 1. The van der Waals surface area contributed by atoms with Crippen LogP contribution in [0.5, 0.6) is 0 Å². The van der Waals surface area contributed by atoms with Gasteiger partial charge < -0.3 is 10.6 Å². The van der Waals surface area contributed by atoms with Crippen LogP contribution in [0, 0.1) is 0 Å². The Morgan fingerprint density at radius 1 is 1.26 bits per heavy atom. The lowest BCUT2D eigenvalue weighted by molar-refractivity contribution is 0.209. The molecule has 1 heterocycles. The number of anilines is 1. The van der Waals surface area contributed by atoms with Crippen molar-refractivity contribution in [2.75, 3.05) is 18.0 Å². The largest absolute Gasteiger partial charge is 0.324 e. The van der Waals surface area contributed by atoms with Gasteiger partial charge in [-0.1, -0.05) is 12.1 Å². The molecular weight excluding hydrogens is 238 g/mol. The van der Waals surface area contributed by atoms with Crippen molar-refractivity contribution in [1.82, 2.24) is 4.90 Å². The highest BCUT2D eigenvalue weighted by atomic mass is 16.2. The molecule has 2 amide bonds. The zero-order valence-corrected chi connectivity index (χ0v) is 12.2. The highest BCUT2D eigenvalue weighted by Gasteiger charge is 2.31. The standard InChI is InChI=1S/C15H23N3O/c1-11(2)17-8-9-18(14(17)19)13-7-5-6-12(10-13)15(3,4)16/h5-7,10-11H,8-9,16H2,1-4H3. The van der Waals surface area contributed by atoms with Crippen LogP contribution in [0.25, 0.3) is 0 Å². The number of rotatable bonds is 3. The summed E-state index contributed by atoms with van der Waals surface area (Å²) in [4.78, 5) is 16.0. The number of amides is 2. The number of hydrogen-bond donors (Lipinski definition) is 1. The van der Waals surface area contributed by atoms with Gasteiger partial charge in [0.15, 0.2) is 0 Å². The summed E-state index contributed by atoms with van der Waals surface area (Å²) in [6.45, 7) is 9.55. The Kier molecular flexibility index (Phi) is 3.54. The highest BCUT2D eigenvalue weighted by molar-refractivity contribution is 5.94. The van der Waals surface area contributed by atoms with Crippen LogP contribution in [0.4, 0.5) is 10.5 Å². The average Bonchev–Trinajstić information content (AvgIpc) is 2.70. The average molecular weight is 261 g/mol. The van der Waals surface area contributed by atoms with Crippen LogP contribution in [0.1, 0.15) is 33.3 Å². The van der Waals surface area contributed by atoms with E-state index in [2.05, 4.69) is 0 Å². The maximum atomic E-state index is 12.3. The van der Waals surface area contributed by atoms with Crippen molar-refractivity contribution in [2.24, 2.45) is 5.73 Å². The van der Waals surface area contributed by atoms with E-state index in [1.807, 2.05) is 61.8 Å². The topological polar surface area (TPSA) is 49.6 Å². The number of nitrogens with zero attached hydrogens (tertiary/aromatic N) is 2. The summed E-state index contributed by atoms with van der Waals surface area (Å²) in [5.41, 5.74) is 7.71. The molecule has 0 spiro atoms. The first-order chi connectivity index (χ1) is 8.80. The molecule has 0 atom stereocenters. The van der Waals surface area contributed by atoms with E-state index in [1.165, 1.54) is 0 Å². The van der Waals surface area contributed by atoms with E-state index in [4.69, 9.17) is 5.73 Å². The van der Waals surface area contributed by atoms with Gasteiger partial charge in [-0.05, 0) is 45.4 Å². The molecule has 0 aliphatic carbocycles.